The van der Waals surface area contributed by atoms with Crippen molar-refractivity contribution in [3.05, 3.63) is 35.1 Å². The molecule has 0 spiro atoms. The Morgan fingerprint density at radius 1 is 1.39 bits per heavy atom. The number of ether oxygens (including phenoxy) is 1. The molecule has 126 valence electrons. The first-order valence-corrected chi connectivity index (χ1v) is 6.86. The maximum absolute atomic E-state index is 13.4. The standard InChI is InChI=1S/C15H15F4NO3/c1-4-23-13(22)14(2)11(20(3)12(14)21)8-5-6-10(16)9(7-8)15(17,18)19/h5-7,11H,4H2,1-3H3. The smallest absolute Gasteiger partial charge is 0.419 e. The summed E-state index contributed by atoms with van der Waals surface area (Å²) >= 11 is 0. The first kappa shape index (κ1) is 17.2. The lowest BCUT2D eigenvalue weighted by Crippen LogP contribution is -2.64. The summed E-state index contributed by atoms with van der Waals surface area (Å²) in [6, 6.07) is 1.49. The Balaban J connectivity index is 2.48. The molecular formula is C15H15F4NO3. The van der Waals surface area contributed by atoms with Crippen molar-refractivity contribution in [3.63, 3.8) is 0 Å². The lowest BCUT2D eigenvalue weighted by atomic mass is 9.69. The lowest BCUT2D eigenvalue weighted by molar-refractivity contribution is -0.186. The monoisotopic (exact) mass is 333 g/mol. The highest BCUT2D eigenvalue weighted by atomic mass is 19.4. The molecule has 0 saturated carbocycles. The van der Waals surface area contributed by atoms with Gasteiger partial charge in [-0.15, -0.1) is 0 Å². The van der Waals surface area contributed by atoms with Crippen LogP contribution in [0.25, 0.3) is 0 Å². The average Bonchev–Trinajstić information content (AvgIpc) is 2.47. The second kappa shape index (κ2) is 5.50. The van der Waals surface area contributed by atoms with E-state index in [1.54, 1.807) is 6.92 Å². The minimum atomic E-state index is -4.87. The summed E-state index contributed by atoms with van der Waals surface area (Å²) in [5, 5.41) is 0. The van der Waals surface area contributed by atoms with Crippen LogP contribution in [-0.2, 0) is 20.5 Å². The number of benzene rings is 1. The molecule has 0 N–H and O–H groups in total. The van der Waals surface area contributed by atoms with Gasteiger partial charge in [0, 0.05) is 7.05 Å². The zero-order valence-corrected chi connectivity index (χ0v) is 12.7. The van der Waals surface area contributed by atoms with E-state index in [1.165, 1.54) is 14.0 Å². The molecule has 0 radical (unpaired) electrons. The molecule has 1 fully saturated rings. The molecule has 1 aromatic rings. The van der Waals surface area contributed by atoms with E-state index in [0.717, 1.165) is 11.0 Å². The number of nitrogens with zero attached hydrogens (tertiary/aromatic N) is 1. The Labute approximate surface area is 130 Å². The third-order valence-corrected chi connectivity index (χ3v) is 4.01. The van der Waals surface area contributed by atoms with Crippen LogP contribution in [0.4, 0.5) is 17.6 Å². The number of carbonyl (C=O) groups excluding carboxylic acids is 2. The SMILES string of the molecule is CCOC(=O)C1(C)C(=O)N(C)C1c1ccc(F)c(C(F)(F)F)c1. The van der Waals surface area contributed by atoms with E-state index in [4.69, 9.17) is 4.74 Å². The molecule has 0 aromatic heterocycles. The number of esters is 1. The second-order valence-corrected chi connectivity index (χ2v) is 5.48. The zero-order chi connectivity index (χ0) is 17.6. The average molecular weight is 333 g/mol. The van der Waals surface area contributed by atoms with Gasteiger partial charge in [0.05, 0.1) is 18.2 Å². The van der Waals surface area contributed by atoms with Gasteiger partial charge in [-0.2, -0.15) is 13.2 Å². The van der Waals surface area contributed by atoms with Gasteiger partial charge < -0.3 is 9.64 Å². The molecule has 1 heterocycles. The molecule has 4 nitrogen and oxygen atoms in total. The van der Waals surface area contributed by atoms with E-state index in [9.17, 15) is 27.2 Å². The minimum absolute atomic E-state index is 0.0244. The van der Waals surface area contributed by atoms with Gasteiger partial charge in [0.15, 0.2) is 5.41 Å². The van der Waals surface area contributed by atoms with E-state index in [0.29, 0.717) is 12.1 Å². The molecule has 1 aliphatic rings. The molecule has 0 bridgehead atoms. The van der Waals surface area contributed by atoms with Gasteiger partial charge in [0.1, 0.15) is 5.82 Å². The topological polar surface area (TPSA) is 46.6 Å². The first-order valence-electron chi connectivity index (χ1n) is 6.86. The van der Waals surface area contributed by atoms with Gasteiger partial charge in [-0.1, -0.05) is 6.07 Å². The van der Waals surface area contributed by atoms with Gasteiger partial charge in [-0.25, -0.2) is 4.39 Å². The van der Waals surface area contributed by atoms with Crippen molar-refractivity contribution < 1.29 is 31.9 Å². The van der Waals surface area contributed by atoms with Crippen molar-refractivity contribution in [1.82, 2.24) is 4.90 Å². The zero-order valence-electron chi connectivity index (χ0n) is 12.7. The molecule has 8 heteroatoms. The van der Waals surface area contributed by atoms with Crippen LogP contribution >= 0.6 is 0 Å². The lowest BCUT2D eigenvalue weighted by Gasteiger charge is -2.51. The fourth-order valence-electron chi connectivity index (χ4n) is 2.89. The number of rotatable bonds is 3. The quantitative estimate of drug-likeness (QED) is 0.370. The van der Waals surface area contributed by atoms with Gasteiger partial charge in [-0.3, -0.25) is 9.59 Å². The number of carbonyl (C=O) groups is 2. The summed E-state index contributed by atoms with van der Waals surface area (Å²) < 4.78 is 56.8. The van der Waals surface area contributed by atoms with Crippen LogP contribution < -0.4 is 0 Å². The molecule has 2 unspecified atom stereocenters. The number of alkyl halides is 3. The first-order chi connectivity index (χ1) is 10.5. The van der Waals surface area contributed by atoms with Crippen molar-refractivity contribution >= 4 is 11.9 Å². The summed E-state index contributed by atoms with van der Waals surface area (Å²) in [6.07, 6.45) is -4.87. The van der Waals surface area contributed by atoms with E-state index >= 15 is 0 Å². The highest BCUT2D eigenvalue weighted by Gasteiger charge is 2.62. The van der Waals surface area contributed by atoms with E-state index in [2.05, 4.69) is 0 Å². The van der Waals surface area contributed by atoms with Crippen molar-refractivity contribution in [2.45, 2.75) is 26.1 Å². The number of halogens is 4. The molecule has 0 aliphatic carbocycles. The Kier molecular flexibility index (Phi) is 4.13. The molecule has 2 atom stereocenters. The fourth-order valence-corrected chi connectivity index (χ4v) is 2.89. The Morgan fingerprint density at radius 2 is 2.00 bits per heavy atom. The summed E-state index contributed by atoms with van der Waals surface area (Å²) in [6.45, 7) is 2.91. The molecule has 1 saturated heterocycles. The number of amides is 1. The fraction of sp³-hybridized carbons (Fsp3) is 0.467. The van der Waals surface area contributed by atoms with Crippen molar-refractivity contribution in [2.24, 2.45) is 5.41 Å². The van der Waals surface area contributed by atoms with Gasteiger partial charge >= 0.3 is 12.1 Å². The number of hydrogen-bond donors (Lipinski definition) is 0. The Hall–Kier alpha value is -2.12. The molecule has 1 aliphatic heterocycles. The van der Waals surface area contributed by atoms with Crippen LogP contribution in [-0.4, -0.2) is 30.4 Å². The maximum Gasteiger partial charge on any atom is 0.419 e. The van der Waals surface area contributed by atoms with Crippen molar-refractivity contribution in [1.29, 1.82) is 0 Å². The van der Waals surface area contributed by atoms with Crippen LogP contribution in [0.15, 0.2) is 18.2 Å². The van der Waals surface area contributed by atoms with Crippen LogP contribution in [0.3, 0.4) is 0 Å². The molecular weight excluding hydrogens is 318 g/mol. The van der Waals surface area contributed by atoms with Gasteiger partial charge in [0.25, 0.3) is 0 Å². The second-order valence-electron chi connectivity index (χ2n) is 5.48. The van der Waals surface area contributed by atoms with Crippen LogP contribution in [0, 0.1) is 11.2 Å². The minimum Gasteiger partial charge on any atom is -0.465 e. The van der Waals surface area contributed by atoms with Crippen LogP contribution in [0.5, 0.6) is 0 Å². The van der Waals surface area contributed by atoms with Crippen molar-refractivity contribution in [2.75, 3.05) is 13.7 Å². The summed E-state index contributed by atoms with van der Waals surface area (Å²) in [5.74, 6) is -2.78. The van der Waals surface area contributed by atoms with Gasteiger partial charge in [-0.05, 0) is 31.5 Å². The van der Waals surface area contributed by atoms with E-state index in [-0.39, 0.29) is 12.2 Å². The van der Waals surface area contributed by atoms with Crippen LogP contribution in [0.2, 0.25) is 0 Å². The summed E-state index contributed by atoms with van der Waals surface area (Å²) in [7, 11) is 1.37. The third kappa shape index (κ3) is 2.55. The predicted octanol–water partition coefficient (Wildman–Crippen LogP) is 2.93. The Bertz CT molecular complexity index is 659. The third-order valence-electron chi connectivity index (χ3n) is 4.01. The molecule has 23 heavy (non-hydrogen) atoms. The van der Waals surface area contributed by atoms with Crippen LogP contribution in [0.1, 0.15) is 31.0 Å². The highest BCUT2D eigenvalue weighted by molar-refractivity contribution is 6.08. The van der Waals surface area contributed by atoms with Crippen molar-refractivity contribution in [3.8, 4) is 0 Å². The maximum atomic E-state index is 13.4. The Morgan fingerprint density at radius 3 is 2.52 bits per heavy atom. The predicted molar refractivity (Wildman–Crippen MR) is 71.7 cm³/mol. The summed E-state index contributed by atoms with van der Waals surface area (Å²) in [5.41, 5.74) is -3.03. The van der Waals surface area contributed by atoms with E-state index in [1.807, 2.05) is 0 Å². The number of likely N-dealkylation sites (tertiary alicyclic amines) is 1. The molecule has 1 aromatic carbocycles. The highest BCUT2D eigenvalue weighted by Crippen LogP contribution is 2.50. The molecule has 2 rings (SSSR count). The normalized spacial score (nSPS) is 24.4. The molecule has 1 amide bonds. The summed E-state index contributed by atoms with van der Waals surface area (Å²) in [4.78, 5) is 25.3. The van der Waals surface area contributed by atoms with Gasteiger partial charge in [0.2, 0.25) is 5.91 Å². The number of β-lactam (4-membered cyclic amide) rings is 1. The largest absolute Gasteiger partial charge is 0.465 e. The van der Waals surface area contributed by atoms with E-state index < -0.39 is 40.9 Å². The number of hydrogen-bond acceptors (Lipinski definition) is 3.